The van der Waals surface area contributed by atoms with E-state index in [1.54, 1.807) is 0 Å². The summed E-state index contributed by atoms with van der Waals surface area (Å²) in [5.41, 5.74) is 3.58. The first kappa shape index (κ1) is 18.0. The third-order valence-corrected chi connectivity index (χ3v) is 6.23. The zero-order valence-electron chi connectivity index (χ0n) is 16.4. The number of hydrogen-bond acceptors (Lipinski definition) is 4. The van der Waals surface area contributed by atoms with Crippen molar-refractivity contribution in [1.29, 1.82) is 0 Å². The van der Waals surface area contributed by atoms with E-state index in [1.807, 2.05) is 48.5 Å². The molecule has 0 amide bonds. The highest BCUT2D eigenvalue weighted by molar-refractivity contribution is 6.08. The lowest BCUT2D eigenvalue weighted by atomic mass is 9.83. The molecule has 2 aliphatic rings. The van der Waals surface area contributed by atoms with Crippen LogP contribution < -0.4 is 0 Å². The number of benzene rings is 4. The van der Waals surface area contributed by atoms with Gasteiger partial charge in [0.1, 0.15) is 24.4 Å². The van der Waals surface area contributed by atoms with E-state index >= 15 is 0 Å². The van der Waals surface area contributed by atoms with Crippen LogP contribution >= 0.6 is 0 Å². The van der Waals surface area contributed by atoms with Gasteiger partial charge in [-0.05, 0) is 43.8 Å². The van der Waals surface area contributed by atoms with Crippen LogP contribution in [0.3, 0.4) is 0 Å². The van der Waals surface area contributed by atoms with Crippen LogP contribution in [0.4, 0.5) is 0 Å². The number of aliphatic hydroxyl groups excluding tert-OH is 2. The summed E-state index contributed by atoms with van der Waals surface area (Å²) in [4.78, 5) is 0. The molecule has 0 radical (unpaired) electrons. The van der Waals surface area contributed by atoms with E-state index in [0.29, 0.717) is 13.2 Å². The molecule has 2 heterocycles. The van der Waals surface area contributed by atoms with Gasteiger partial charge < -0.3 is 19.7 Å². The van der Waals surface area contributed by atoms with E-state index in [9.17, 15) is 10.2 Å². The Hall–Kier alpha value is -2.76. The molecule has 4 atom stereocenters. The topological polar surface area (TPSA) is 65.5 Å². The van der Waals surface area contributed by atoms with E-state index in [4.69, 9.17) is 9.47 Å². The Morgan fingerprint density at radius 1 is 0.600 bits per heavy atom. The molecule has 4 aromatic carbocycles. The quantitative estimate of drug-likeness (QED) is 0.485. The van der Waals surface area contributed by atoms with Crippen LogP contribution in [0.15, 0.2) is 72.8 Å². The third kappa shape index (κ3) is 2.92. The molecule has 2 fully saturated rings. The van der Waals surface area contributed by atoms with Crippen molar-refractivity contribution in [2.75, 3.05) is 13.2 Å². The lowest BCUT2D eigenvalue weighted by Crippen LogP contribution is -2.11. The first-order valence-electron chi connectivity index (χ1n) is 10.4. The van der Waals surface area contributed by atoms with Gasteiger partial charge in [-0.1, -0.05) is 72.8 Å². The molecule has 2 N–H and O–H groups in total. The molecule has 150 valence electrons. The molecule has 2 aliphatic heterocycles. The maximum atomic E-state index is 11.1. The fourth-order valence-corrected chi connectivity index (χ4v) is 4.50. The Labute approximate surface area is 174 Å². The minimum absolute atomic E-state index is 0.181. The maximum absolute atomic E-state index is 11.1. The highest BCUT2D eigenvalue weighted by Crippen LogP contribution is 2.45. The summed E-state index contributed by atoms with van der Waals surface area (Å²) >= 11 is 0. The van der Waals surface area contributed by atoms with E-state index in [-0.39, 0.29) is 12.2 Å². The van der Waals surface area contributed by atoms with Gasteiger partial charge in [0.05, 0.1) is 13.2 Å². The van der Waals surface area contributed by atoms with Crippen LogP contribution in [-0.4, -0.2) is 35.6 Å². The minimum atomic E-state index is -0.717. The molecular weight excluding hydrogens is 376 g/mol. The van der Waals surface area contributed by atoms with Crippen molar-refractivity contribution in [2.45, 2.75) is 24.4 Å². The first-order valence-corrected chi connectivity index (χ1v) is 10.4. The molecule has 4 nitrogen and oxygen atoms in total. The molecule has 0 aliphatic carbocycles. The van der Waals surface area contributed by atoms with Crippen molar-refractivity contribution < 1.29 is 19.7 Å². The molecule has 4 heteroatoms. The smallest absolute Gasteiger partial charge is 0.111 e. The van der Waals surface area contributed by atoms with Crippen LogP contribution in [0, 0.1) is 0 Å². The summed E-state index contributed by atoms with van der Waals surface area (Å²) in [7, 11) is 0. The predicted octanol–water partition coefficient (Wildman–Crippen LogP) is 4.52. The van der Waals surface area contributed by atoms with Crippen molar-refractivity contribution in [3.05, 3.63) is 83.9 Å². The van der Waals surface area contributed by atoms with Gasteiger partial charge in [0.15, 0.2) is 0 Å². The third-order valence-electron chi connectivity index (χ3n) is 6.23. The Morgan fingerprint density at radius 2 is 1.00 bits per heavy atom. The van der Waals surface area contributed by atoms with Crippen molar-refractivity contribution in [3.63, 3.8) is 0 Å². The molecular formula is C26H22O4. The molecule has 0 spiro atoms. The minimum Gasteiger partial charge on any atom is -0.386 e. The van der Waals surface area contributed by atoms with Crippen molar-refractivity contribution in [3.8, 4) is 11.1 Å². The lowest BCUT2D eigenvalue weighted by Gasteiger charge is -2.23. The van der Waals surface area contributed by atoms with Gasteiger partial charge in [0.2, 0.25) is 0 Å². The Morgan fingerprint density at radius 3 is 1.40 bits per heavy atom. The molecule has 2 saturated heterocycles. The Bertz CT molecular complexity index is 1160. The average molecular weight is 398 g/mol. The maximum Gasteiger partial charge on any atom is 0.111 e. The molecule has 0 saturated carbocycles. The number of rotatable bonds is 5. The molecule has 30 heavy (non-hydrogen) atoms. The van der Waals surface area contributed by atoms with Gasteiger partial charge >= 0.3 is 0 Å². The summed E-state index contributed by atoms with van der Waals surface area (Å²) < 4.78 is 10.8. The second-order valence-electron chi connectivity index (χ2n) is 8.14. The second-order valence-corrected chi connectivity index (χ2v) is 8.14. The van der Waals surface area contributed by atoms with Crippen LogP contribution in [0.2, 0.25) is 0 Å². The number of fused-ring (bicyclic) bond motifs is 2. The van der Waals surface area contributed by atoms with Gasteiger partial charge in [-0.25, -0.2) is 0 Å². The second kappa shape index (κ2) is 6.89. The van der Waals surface area contributed by atoms with Crippen molar-refractivity contribution >= 4 is 21.5 Å². The molecule has 0 aromatic heterocycles. The monoisotopic (exact) mass is 398 g/mol. The number of aliphatic hydroxyl groups is 2. The zero-order valence-corrected chi connectivity index (χ0v) is 16.4. The van der Waals surface area contributed by atoms with Gasteiger partial charge in [-0.15, -0.1) is 0 Å². The standard InChI is InChI=1S/C26H22O4/c27-25(21-13-29-21)19-11-9-15-5-1-3-7-17(15)23(19)24-18-8-4-2-6-16(18)10-12-20(24)26(28)22-14-30-22/h1-12,21-22,25-28H,13-14H2/t21-,22-,25-,26-/m0/s1. The van der Waals surface area contributed by atoms with Crippen LogP contribution in [0.25, 0.3) is 32.7 Å². The molecule has 0 unspecified atom stereocenters. The molecule has 0 bridgehead atoms. The normalized spacial score (nSPS) is 22.2. The summed E-state index contributed by atoms with van der Waals surface area (Å²) in [5, 5.41) is 26.4. The fraction of sp³-hybridized carbons (Fsp3) is 0.231. The van der Waals surface area contributed by atoms with Crippen molar-refractivity contribution in [2.24, 2.45) is 0 Å². The van der Waals surface area contributed by atoms with E-state index in [2.05, 4.69) is 24.3 Å². The average Bonchev–Trinajstić information content (AvgIpc) is 3.70. The largest absolute Gasteiger partial charge is 0.386 e. The number of ether oxygens (including phenoxy) is 2. The highest BCUT2D eigenvalue weighted by Gasteiger charge is 2.37. The Kier molecular flexibility index (Phi) is 4.15. The van der Waals surface area contributed by atoms with Crippen LogP contribution in [0.1, 0.15) is 23.3 Å². The predicted molar refractivity (Wildman–Crippen MR) is 116 cm³/mol. The van der Waals surface area contributed by atoms with E-state index in [1.165, 1.54) is 0 Å². The zero-order chi connectivity index (χ0) is 20.2. The van der Waals surface area contributed by atoms with Crippen LogP contribution in [0.5, 0.6) is 0 Å². The van der Waals surface area contributed by atoms with Gasteiger partial charge in [-0.3, -0.25) is 0 Å². The van der Waals surface area contributed by atoms with Gasteiger partial charge in [0.25, 0.3) is 0 Å². The van der Waals surface area contributed by atoms with E-state index < -0.39 is 12.2 Å². The SMILES string of the molecule is O[C@@H](c1ccc2ccccc2c1-c1c([C@H](O)[C@@H]2CO2)ccc2ccccc12)[C@@H]1CO1. The van der Waals surface area contributed by atoms with Gasteiger partial charge in [-0.2, -0.15) is 0 Å². The number of hydrogen-bond donors (Lipinski definition) is 2. The molecule has 6 rings (SSSR count). The summed E-state index contributed by atoms with van der Waals surface area (Å²) in [6, 6.07) is 24.5. The first-order chi connectivity index (χ1) is 14.7. The fourth-order valence-electron chi connectivity index (χ4n) is 4.50. The lowest BCUT2D eigenvalue weighted by molar-refractivity contribution is 0.136. The van der Waals surface area contributed by atoms with E-state index in [0.717, 1.165) is 43.8 Å². The summed E-state index contributed by atoms with van der Waals surface area (Å²) in [6.07, 6.45) is -1.79. The van der Waals surface area contributed by atoms with Crippen LogP contribution in [-0.2, 0) is 9.47 Å². The summed E-state index contributed by atoms with van der Waals surface area (Å²) in [5.74, 6) is 0. The highest BCUT2D eigenvalue weighted by atomic mass is 16.6. The number of epoxide rings is 2. The molecule has 4 aromatic rings. The summed E-state index contributed by atoms with van der Waals surface area (Å²) in [6.45, 7) is 1.13. The Balaban J connectivity index is 1.73. The van der Waals surface area contributed by atoms with Crippen molar-refractivity contribution in [1.82, 2.24) is 0 Å². The van der Waals surface area contributed by atoms with Gasteiger partial charge in [0, 0.05) is 0 Å².